The van der Waals surface area contributed by atoms with Crippen LogP contribution in [-0.2, 0) is 9.59 Å². The van der Waals surface area contributed by atoms with Gasteiger partial charge in [0.1, 0.15) is 11.6 Å². The number of anilines is 2. The summed E-state index contributed by atoms with van der Waals surface area (Å²) in [6.07, 6.45) is 3.70. The number of amides is 2. The lowest BCUT2D eigenvalue weighted by Crippen LogP contribution is -2.52. The van der Waals surface area contributed by atoms with E-state index >= 15 is 0 Å². The third-order valence-electron chi connectivity index (χ3n) is 5.70. The fraction of sp³-hybridized carbons (Fsp3) is 0.381. The minimum absolute atomic E-state index is 0.0447. The highest BCUT2D eigenvalue weighted by atomic mass is 19.1. The zero-order valence-electron chi connectivity index (χ0n) is 16.8. The Morgan fingerprint density at radius 3 is 2.39 bits per heavy atom. The Hall–Kier alpha value is -3.43. The van der Waals surface area contributed by atoms with Gasteiger partial charge in [-0.3, -0.25) is 19.7 Å². The number of imide groups is 1. The van der Waals surface area contributed by atoms with Crippen LogP contribution in [0.4, 0.5) is 20.4 Å². The standard InChI is InChI=1S/C21H21F2N5O3/c1-12-10-27(4-5-28(12)21-24-8-13(11-29)9-25-21)14-6-16(22)19(17(23)7-14)15-2-3-18(30)26-20(15)31/h6-9,11-12,15H,2-5,10H2,1H3,(H,26,30,31)/t12-,15?/m0/s1. The summed E-state index contributed by atoms with van der Waals surface area (Å²) in [6.45, 7) is 3.45. The summed E-state index contributed by atoms with van der Waals surface area (Å²) in [5, 5.41) is 2.14. The molecule has 0 aliphatic carbocycles. The predicted octanol–water partition coefficient (Wildman–Crippen LogP) is 1.80. The van der Waals surface area contributed by atoms with E-state index in [2.05, 4.69) is 15.3 Å². The summed E-state index contributed by atoms with van der Waals surface area (Å²) in [5.74, 6) is -3.24. The van der Waals surface area contributed by atoms with Gasteiger partial charge < -0.3 is 9.80 Å². The van der Waals surface area contributed by atoms with Crippen molar-refractivity contribution in [3.05, 3.63) is 47.3 Å². The molecular weight excluding hydrogens is 408 g/mol. The number of carbonyl (C=O) groups is 3. The maximum atomic E-state index is 14.8. The van der Waals surface area contributed by atoms with Gasteiger partial charge in [0, 0.05) is 55.7 Å². The van der Waals surface area contributed by atoms with Gasteiger partial charge in [0.2, 0.25) is 17.8 Å². The first-order valence-corrected chi connectivity index (χ1v) is 9.99. The molecule has 0 bridgehead atoms. The summed E-state index contributed by atoms with van der Waals surface area (Å²) in [7, 11) is 0. The number of nitrogens with zero attached hydrogens (tertiary/aromatic N) is 4. The molecule has 10 heteroatoms. The second-order valence-corrected chi connectivity index (χ2v) is 7.75. The molecule has 2 aromatic rings. The van der Waals surface area contributed by atoms with Gasteiger partial charge in [-0.15, -0.1) is 0 Å². The second-order valence-electron chi connectivity index (χ2n) is 7.75. The van der Waals surface area contributed by atoms with E-state index in [4.69, 9.17) is 0 Å². The molecule has 3 heterocycles. The number of benzene rings is 1. The molecule has 8 nitrogen and oxygen atoms in total. The van der Waals surface area contributed by atoms with Crippen molar-refractivity contribution in [1.82, 2.24) is 15.3 Å². The fourth-order valence-corrected chi connectivity index (χ4v) is 4.09. The van der Waals surface area contributed by atoms with Crippen molar-refractivity contribution < 1.29 is 23.2 Å². The van der Waals surface area contributed by atoms with E-state index in [9.17, 15) is 23.2 Å². The van der Waals surface area contributed by atoms with Gasteiger partial charge in [0.05, 0.1) is 11.5 Å². The maximum Gasteiger partial charge on any atom is 0.234 e. The molecule has 2 aliphatic heterocycles. The molecule has 2 amide bonds. The van der Waals surface area contributed by atoms with Crippen molar-refractivity contribution in [1.29, 1.82) is 0 Å². The molecule has 2 aliphatic rings. The SMILES string of the molecule is C[C@H]1CN(c2cc(F)c(C3CCC(=O)NC3=O)c(F)c2)CCN1c1ncc(C=O)cn1. The molecule has 0 spiro atoms. The van der Waals surface area contributed by atoms with Crippen LogP contribution >= 0.6 is 0 Å². The third-order valence-corrected chi connectivity index (χ3v) is 5.70. The van der Waals surface area contributed by atoms with Gasteiger partial charge >= 0.3 is 0 Å². The molecule has 2 saturated heterocycles. The summed E-state index contributed by atoms with van der Waals surface area (Å²) in [4.78, 5) is 46.4. The Morgan fingerprint density at radius 1 is 1.13 bits per heavy atom. The number of piperazine rings is 1. The number of hydrogen-bond acceptors (Lipinski definition) is 7. The van der Waals surface area contributed by atoms with E-state index in [1.807, 2.05) is 16.7 Å². The van der Waals surface area contributed by atoms with Crippen LogP contribution < -0.4 is 15.1 Å². The predicted molar refractivity (Wildman–Crippen MR) is 108 cm³/mol. The highest BCUT2D eigenvalue weighted by molar-refractivity contribution is 6.01. The van der Waals surface area contributed by atoms with Crippen LogP contribution in [0.15, 0.2) is 24.5 Å². The molecule has 2 atom stereocenters. The summed E-state index contributed by atoms with van der Waals surface area (Å²) < 4.78 is 29.7. The molecule has 2 fully saturated rings. The molecule has 4 rings (SSSR count). The number of piperidine rings is 1. The number of hydrogen-bond donors (Lipinski definition) is 1. The van der Waals surface area contributed by atoms with E-state index in [1.165, 1.54) is 24.5 Å². The molecule has 0 radical (unpaired) electrons. The Bertz CT molecular complexity index is 1010. The van der Waals surface area contributed by atoms with Crippen molar-refractivity contribution in [2.45, 2.75) is 31.7 Å². The average molecular weight is 429 g/mol. The molecule has 1 unspecified atom stereocenters. The first kappa shape index (κ1) is 20.8. The number of aromatic nitrogens is 2. The molecule has 162 valence electrons. The van der Waals surface area contributed by atoms with Crippen molar-refractivity contribution in [2.24, 2.45) is 0 Å². The zero-order chi connectivity index (χ0) is 22.1. The summed E-state index contributed by atoms with van der Waals surface area (Å²) in [6, 6.07) is 2.43. The lowest BCUT2D eigenvalue weighted by Gasteiger charge is -2.41. The summed E-state index contributed by atoms with van der Waals surface area (Å²) >= 11 is 0. The molecule has 31 heavy (non-hydrogen) atoms. The molecule has 1 aromatic heterocycles. The van der Waals surface area contributed by atoms with E-state index < -0.39 is 29.4 Å². The van der Waals surface area contributed by atoms with E-state index in [0.29, 0.717) is 43.1 Å². The lowest BCUT2D eigenvalue weighted by molar-refractivity contribution is -0.134. The fourth-order valence-electron chi connectivity index (χ4n) is 4.09. The number of aldehydes is 1. The normalized spacial score (nSPS) is 21.8. The smallest absolute Gasteiger partial charge is 0.234 e. The summed E-state index contributed by atoms with van der Waals surface area (Å²) in [5.41, 5.74) is 0.468. The highest BCUT2D eigenvalue weighted by Crippen LogP contribution is 2.33. The van der Waals surface area contributed by atoms with Gasteiger partial charge in [0.25, 0.3) is 0 Å². The molecule has 0 saturated carbocycles. The third kappa shape index (κ3) is 4.10. The largest absolute Gasteiger partial charge is 0.368 e. The number of nitrogens with one attached hydrogen (secondary N) is 1. The Kier molecular flexibility index (Phi) is 5.62. The van der Waals surface area contributed by atoms with Crippen LogP contribution in [0.1, 0.15) is 41.6 Å². The minimum atomic E-state index is -1.02. The van der Waals surface area contributed by atoms with Crippen molar-refractivity contribution in [3.63, 3.8) is 0 Å². The average Bonchev–Trinajstić information content (AvgIpc) is 2.74. The first-order valence-electron chi connectivity index (χ1n) is 9.99. The number of carbonyl (C=O) groups excluding carboxylic acids is 3. The van der Waals surface area contributed by atoms with Crippen LogP contribution in [0, 0.1) is 11.6 Å². The Morgan fingerprint density at radius 2 is 1.81 bits per heavy atom. The topological polar surface area (TPSA) is 95.5 Å². The van der Waals surface area contributed by atoms with Crippen molar-refractivity contribution in [2.75, 3.05) is 29.4 Å². The molecule has 1 N–H and O–H groups in total. The van der Waals surface area contributed by atoms with Crippen LogP contribution in [0.2, 0.25) is 0 Å². The van der Waals surface area contributed by atoms with Crippen LogP contribution in [0.25, 0.3) is 0 Å². The lowest BCUT2D eigenvalue weighted by atomic mass is 9.89. The van der Waals surface area contributed by atoms with Crippen LogP contribution in [0.5, 0.6) is 0 Å². The van der Waals surface area contributed by atoms with Gasteiger partial charge in [-0.05, 0) is 25.5 Å². The van der Waals surface area contributed by atoms with Gasteiger partial charge in [-0.1, -0.05) is 0 Å². The number of rotatable bonds is 4. The van der Waals surface area contributed by atoms with E-state index in [-0.39, 0.29) is 24.4 Å². The van der Waals surface area contributed by atoms with E-state index in [0.717, 1.165) is 0 Å². The monoisotopic (exact) mass is 429 g/mol. The minimum Gasteiger partial charge on any atom is -0.368 e. The quantitative estimate of drug-likeness (QED) is 0.585. The van der Waals surface area contributed by atoms with Gasteiger partial charge in [0.15, 0.2) is 6.29 Å². The van der Waals surface area contributed by atoms with Crippen LogP contribution in [-0.4, -0.2) is 53.7 Å². The van der Waals surface area contributed by atoms with Crippen LogP contribution in [0.3, 0.4) is 0 Å². The second kappa shape index (κ2) is 8.37. The Balaban J connectivity index is 1.51. The molecule has 1 aromatic carbocycles. The van der Waals surface area contributed by atoms with Crippen molar-refractivity contribution >= 4 is 29.7 Å². The van der Waals surface area contributed by atoms with Gasteiger partial charge in [-0.25, -0.2) is 18.7 Å². The first-order chi connectivity index (χ1) is 14.9. The van der Waals surface area contributed by atoms with Gasteiger partial charge in [-0.2, -0.15) is 0 Å². The highest BCUT2D eigenvalue weighted by Gasteiger charge is 2.33. The number of halogens is 2. The maximum absolute atomic E-state index is 14.8. The zero-order valence-corrected chi connectivity index (χ0v) is 16.8. The Labute approximate surface area is 177 Å². The molecular formula is C21H21F2N5O3. The van der Waals surface area contributed by atoms with Crippen molar-refractivity contribution in [3.8, 4) is 0 Å². The van der Waals surface area contributed by atoms with E-state index in [1.54, 1.807) is 0 Å².